The van der Waals surface area contributed by atoms with Crippen molar-refractivity contribution < 1.29 is 9.47 Å². The van der Waals surface area contributed by atoms with Crippen molar-refractivity contribution in [3.8, 4) is 11.8 Å². The third-order valence-corrected chi connectivity index (χ3v) is 3.02. The number of nitriles is 1. The van der Waals surface area contributed by atoms with Crippen LogP contribution in [0.25, 0.3) is 0 Å². The molecule has 1 aromatic rings. The summed E-state index contributed by atoms with van der Waals surface area (Å²) in [6.45, 7) is 5.59. The molecule has 1 atom stereocenters. The van der Waals surface area contributed by atoms with Gasteiger partial charge in [0.2, 0.25) is 0 Å². The maximum atomic E-state index is 9.38. The van der Waals surface area contributed by atoms with Crippen molar-refractivity contribution in [3.63, 3.8) is 0 Å². The van der Waals surface area contributed by atoms with Gasteiger partial charge >= 0.3 is 0 Å². The summed E-state index contributed by atoms with van der Waals surface area (Å²) in [5, 5.41) is 9.38. The van der Waals surface area contributed by atoms with Crippen molar-refractivity contribution >= 4 is 0 Å². The van der Waals surface area contributed by atoms with E-state index < -0.39 is 0 Å². The average Bonchev–Trinajstić information content (AvgIpc) is 2.42. The van der Waals surface area contributed by atoms with Gasteiger partial charge < -0.3 is 9.47 Å². The zero-order chi connectivity index (χ0) is 12.8. The Bertz CT molecular complexity index is 422. The minimum Gasteiger partial charge on any atom is -0.494 e. The Balaban J connectivity index is 2.16. The first kappa shape index (κ1) is 12.9. The molecule has 0 aromatic heterocycles. The van der Waals surface area contributed by atoms with Crippen molar-refractivity contribution in [3.05, 3.63) is 29.8 Å². The van der Waals surface area contributed by atoms with Gasteiger partial charge in [0.1, 0.15) is 11.8 Å². The van der Waals surface area contributed by atoms with Gasteiger partial charge in [-0.25, -0.2) is 0 Å². The third-order valence-electron chi connectivity index (χ3n) is 3.02. The van der Waals surface area contributed by atoms with E-state index in [1.165, 1.54) is 0 Å². The molecule has 1 saturated heterocycles. The zero-order valence-corrected chi connectivity index (χ0v) is 10.6. The van der Waals surface area contributed by atoms with Gasteiger partial charge in [0.05, 0.1) is 25.9 Å². The summed E-state index contributed by atoms with van der Waals surface area (Å²) < 4.78 is 10.8. The molecule has 0 amide bonds. The summed E-state index contributed by atoms with van der Waals surface area (Å²) in [7, 11) is 0. The van der Waals surface area contributed by atoms with Crippen LogP contribution in [0, 0.1) is 11.3 Å². The molecule has 1 unspecified atom stereocenters. The fraction of sp³-hybridized carbons (Fsp3) is 0.500. The largest absolute Gasteiger partial charge is 0.494 e. The Morgan fingerprint density at radius 3 is 2.89 bits per heavy atom. The lowest BCUT2D eigenvalue weighted by atomic mass is 10.1. The molecule has 0 aliphatic carbocycles. The molecule has 1 aliphatic heterocycles. The van der Waals surface area contributed by atoms with E-state index in [-0.39, 0.29) is 6.04 Å². The molecule has 1 heterocycles. The number of nitrogens with zero attached hydrogens (tertiary/aromatic N) is 2. The molecule has 4 heteroatoms. The highest BCUT2D eigenvalue weighted by Gasteiger charge is 2.22. The van der Waals surface area contributed by atoms with Crippen molar-refractivity contribution in [2.75, 3.05) is 32.9 Å². The van der Waals surface area contributed by atoms with Crippen molar-refractivity contribution in [2.45, 2.75) is 13.0 Å². The fourth-order valence-electron chi connectivity index (χ4n) is 2.14. The molecule has 96 valence electrons. The van der Waals surface area contributed by atoms with Crippen LogP contribution in [0.2, 0.25) is 0 Å². The van der Waals surface area contributed by atoms with Gasteiger partial charge in [0.15, 0.2) is 0 Å². The Kier molecular flexibility index (Phi) is 4.57. The van der Waals surface area contributed by atoms with E-state index in [1.807, 2.05) is 31.2 Å². The lowest BCUT2D eigenvalue weighted by Crippen LogP contribution is -2.38. The van der Waals surface area contributed by atoms with E-state index in [2.05, 4.69) is 11.0 Å². The second kappa shape index (κ2) is 6.39. The topological polar surface area (TPSA) is 45.5 Å². The molecule has 1 aliphatic rings. The monoisotopic (exact) mass is 246 g/mol. The van der Waals surface area contributed by atoms with Gasteiger partial charge in [-0.3, -0.25) is 4.90 Å². The summed E-state index contributed by atoms with van der Waals surface area (Å²) >= 11 is 0. The van der Waals surface area contributed by atoms with E-state index in [1.54, 1.807) is 0 Å². The van der Waals surface area contributed by atoms with E-state index in [4.69, 9.17) is 9.47 Å². The maximum Gasteiger partial charge on any atom is 0.124 e. The molecule has 0 radical (unpaired) electrons. The normalized spacial score (nSPS) is 18.0. The number of hydrogen-bond acceptors (Lipinski definition) is 4. The number of hydrogen-bond donors (Lipinski definition) is 0. The standard InChI is InChI=1S/C14H18N2O2/c1-2-18-13-5-3-4-12(10-13)14(11-15)16-6-8-17-9-7-16/h3-5,10,14H,2,6-9H2,1H3. The van der Waals surface area contributed by atoms with Gasteiger partial charge in [-0.2, -0.15) is 5.26 Å². The lowest BCUT2D eigenvalue weighted by molar-refractivity contribution is 0.0266. The van der Waals surface area contributed by atoms with Crippen LogP contribution in [-0.2, 0) is 4.74 Å². The van der Waals surface area contributed by atoms with Crippen LogP contribution in [0.15, 0.2) is 24.3 Å². The molecular weight excluding hydrogens is 228 g/mol. The quantitative estimate of drug-likeness (QED) is 0.815. The minimum absolute atomic E-state index is 0.214. The lowest BCUT2D eigenvalue weighted by Gasteiger charge is -2.30. The molecule has 0 saturated carbocycles. The van der Waals surface area contributed by atoms with Gasteiger partial charge in [0, 0.05) is 13.1 Å². The van der Waals surface area contributed by atoms with Crippen LogP contribution >= 0.6 is 0 Å². The van der Waals surface area contributed by atoms with Crippen molar-refractivity contribution in [1.29, 1.82) is 5.26 Å². The van der Waals surface area contributed by atoms with Gasteiger partial charge in [-0.05, 0) is 24.6 Å². The summed E-state index contributed by atoms with van der Waals surface area (Å²) in [6.07, 6.45) is 0. The highest BCUT2D eigenvalue weighted by Crippen LogP contribution is 2.24. The van der Waals surface area contributed by atoms with Crippen LogP contribution in [0.1, 0.15) is 18.5 Å². The molecule has 0 spiro atoms. The number of morpholine rings is 1. The molecule has 0 N–H and O–H groups in total. The highest BCUT2D eigenvalue weighted by atomic mass is 16.5. The Hall–Kier alpha value is -1.57. The number of rotatable bonds is 4. The first-order valence-corrected chi connectivity index (χ1v) is 6.29. The maximum absolute atomic E-state index is 9.38. The van der Waals surface area contributed by atoms with Crippen LogP contribution in [-0.4, -0.2) is 37.8 Å². The fourth-order valence-corrected chi connectivity index (χ4v) is 2.14. The molecule has 1 fully saturated rings. The number of ether oxygens (including phenoxy) is 2. The second-order valence-electron chi connectivity index (χ2n) is 4.19. The molecule has 2 rings (SSSR count). The van der Waals surface area contributed by atoms with Crippen LogP contribution in [0.5, 0.6) is 5.75 Å². The highest BCUT2D eigenvalue weighted by molar-refractivity contribution is 5.33. The molecule has 1 aromatic carbocycles. The summed E-state index contributed by atoms with van der Waals surface area (Å²) in [6, 6.07) is 9.94. The summed E-state index contributed by atoms with van der Waals surface area (Å²) in [5.41, 5.74) is 0.991. The van der Waals surface area contributed by atoms with Crippen molar-refractivity contribution in [1.82, 2.24) is 4.90 Å². The first-order valence-electron chi connectivity index (χ1n) is 6.29. The molecule has 4 nitrogen and oxygen atoms in total. The van der Waals surface area contributed by atoms with Crippen LogP contribution in [0.4, 0.5) is 0 Å². The van der Waals surface area contributed by atoms with Crippen LogP contribution < -0.4 is 4.74 Å². The Morgan fingerprint density at radius 1 is 1.44 bits per heavy atom. The summed E-state index contributed by atoms with van der Waals surface area (Å²) in [4.78, 5) is 2.15. The SMILES string of the molecule is CCOc1cccc(C(C#N)N2CCOCC2)c1. The Morgan fingerprint density at radius 2 is 2.22 bits per heavy atom. The smallest absolute Gasteiger partial charge is 0.124 e. The molecule has 18 heavy (non-hydrogen) atoms. The first-order chi connectivity index (χ1) is 8.85. The molecular formula is C14H18N2O2. The van der Waals surface area contributed by atoms with E-state index in [0.717, 1.165) is 24.4 Å². The minimum atomic E-state index is -0.214. The average molecular weight is 246 g/mol. The predicted octanol–water partition coefficient (Wildman–Crippen LogP) is 1.98. The number of benzene rings is 1. The van der Waals surface area contributed by atoms with E-state index in [0.29, 0.717) is 19.8 Å². The van der Waals surface area contributed by atoms with Gasteiger partial charge in [0.25, 0.3) is 0 Å². The van der Waals surface area contributed by atoms with Crippen LogP contribution in [0.3, 0.4) is 0 Å². The van der Waals surface area contributed by atoms with Gasteiger partial charge in [-0.1, -0.05) is 12.1 Å². The van der Waals surface area contributed by atoms with E-state index >= 15 is 0 Å². The molecule has 0 bridgehead atoms. The summed E-state index contributed by atoms with van der Waals surface area (Å²) in [5.74, 6) is 0.823. The Labute approximate surface area is 108 Å². The van der Waals surface area contributed by atoms with Crippen molar-refractivity contribution in [2.24, 2.45) is 0 Å². The van der Waals surface area contributed by atoms with E-state index in [9.17, 15) is 5.26 Å². The zero-order valence-electron chi connectivity index (χ0n) is 10.6. The third kappa shape index (κ3) is 3.00. The predicted molar refractivity (Wildman–Crippen MR) is 68.4 cm³/mol. The van der Waals surface area contributed by atoms with Gasteiger partial charge in [-0.15, -0.1) is 0 Å². The second-order valence-corrected chi connectivity index (χ2v) is 4.19.